The van der Waals surface area contributed by atoms with Crippen molar-refractivity contribution < 1.29 is 9.84 Å². The molecule has 1 aromatic carbocycles. The summed E-state index contributed by atoms with van der Waals surface area (Å²) in [7, 11) is 1.52. The third-order valence-corrected chi connectivity index (χ3v) is 3.31. The van der Waals surface area contributed by atoms with E-state index < -0.39 is 0 Å². The van der Waals surface area contributed by atoms with E-state index in [9.17, 15) is 5.11 Å². The van der Waals surface area contributed by atoms with Crippen molar-refractivity contribution in [2.45, 2.75) is 5.16 Å². The third-order valence-electron chi connectivity index (χ3n) is 2.54. The summed E-state index contributed by atoms with van der Waals surface area (Å²) in [6.07, 6.45) is 1.78. The van der Waals surface area contributed by atoms with Crippen LogP contribution in [0.25, 0.3) is 11.3 Å². The van der Waals surface area contributed by atoms with E-state index in [0.29, 0.717) is 27.2 Å². The van der Waals surface area contributed by atoms with E-state index in [2.05, 4.69) is 9.97 Å². The lowest BCUT2D eigenvalue weighted by atomic mass is 10.1. The van der Waals surface area contributed by atoms with Crippen LogP contribution in [0, 0.1) is 11.3 Å². The maximum atomic E-state index is 9.81. The van der Waals surface area contributed by atoms with Crippen molar-refractivity contribution in [3.63, 3.8) is 0 Å². The second-order valence-corrected chi connectivity index (χ2v) is 4.96. The number of rotatable bonds is 3. The number of aromatic hydroxyl groups is 1. The number of hydrogen-bond donors (Lipinski definition) is 1. The molecule has 102 valence electrons. The highest BCUT2D eigenvalue weighted by Crippen LogP contribution is 2.32. The van der Waals surface area contributed by atoms with Crippen LogP contribution in [0.2, 0.25) is 5.02 Å². The summed E-state index contributed by atoms with van der Waals surface area (Å²) in [6.45, 7) is 0. The van der Waals surface area contributed by atoms with Gasteiger partial charge in [0.15, 0.2) is 5.16 Å². The molecule has 0 saturated carbocycles. The van der Waals surface area contributed by atoms with Crippen molar-refractivity contribution in [2.75, 3.05) is 13.4 Å². The van der Waals surface area contributed by atoms with Crippen molar-refractivity contribution in [3.8, 4) is 29.0 Å². The van der Waals surface area contributed by atoms with E-state index in [4.69, 9.17) is 21.6 Å². The zero-order valence-corrected chi connectivity index (χ0v) is 12.3. The van der Waals surface area contributed by atoms with Gasteiger partial charge in [-0.2, -0.15) is 10.2 Å². The molecule has 20 heavy (non-hydrogen) atoms. The number of benzene rings is 1. The number of thioether (sulfide) groups is 1. The predicted molar refractivity (Wildman–Crippen MR) is 77.2 cm³/mol. The smallest absolute Gasteiger partial charge is 0.233 e. The van der Waals surface area contributed by atoms with Gasteiger partial charge in [0.1, 0.15) is 17.4 Å². The van der Waals surface area contributed by atoms with Crippen molar-refractivity contribution in [2.24, 2.45) is 0 Å². The number of ether oxygens (including phenoxy) is 1. The molecule has 2 aromatic rings. The molecule has 0 spiro atoms. The van der Waals surface area contributed by atoms with Gasteiger partial charge in [0.25, 0.3) is 0 Å². The van der Waals surface area contributed by atoms with Gasteiger partial charge in [0.05, 0.1) is 12.8 Å². The topological polar surface area (TPSA) is 79.0 Å². The highest BCUT2D eigenvalue weighted by Gasteiger charge is 2.16. The minimum absolute atomic E-state index is 0.00659. The average Bonchev–Trinajstić information content (AvgIpc) is 2.45. The van der Waals surface area contributed by atoms with Crippen LogP contribution in [0.3, 0.4) is 0 Å². The lowest BCUT2D eigenvalue weighted by molar-refractivity contribution is 0.415. The summed E-state index contributed by atoms with van der Waals surface area (Å²) >= 11 is 7.28. The molecular weight excluding hydrogens is 298 g/mol. The molecule has 0 bridgehead atoms. The highest BCUT2D eigenvalue weighted by atomic mass is 35.5. The van der Waals surface area contributed by atoms with E-state index in [1.54, 1.807) is 24.5 Å². The molecule has 0 aliphatic heterocycles. The third kappa shape index (κ3) is 2.79. The normalized spacial score (nSPS) is 10.1. The Balaban J connectivity index is 2.71. The first-order valence-electron chi connectivity index (χ1n) is 5.49. The van der Waals surface area contributed by atoms with Gasteiger partial charge in [0, 0.05) is 10.6 Å². The summed E-state index contributed by atoms with van der Waals surface area (Å²) in [6, 6.07) is 6.89. The predicted octanol–water partition coefficient (Wildman–Crippen LogP) is 3.10. The highest BCUT2D eigenvalue weighted by molar-refractivity contribution is 7.98. The van der Waals surface area contributed by atoms with Crippen molar-refractivity contribution in [1.82, 2.24) is 9.97 Å². The summed E-state index contributed by atoms with van der Waals surface area (Å²) in [5.74, 6) is 0.195. The Hall–Kier alpha value is -1.97. The standard InChI is InChI=1S/C13H10ClN3O2S/c1-19-9-4-7(3-8(14)5-9)11-10(6-15)12(18)17-13(16-11)20-2/h3-5H,1-2H3,(H,16,17,18). The molecule has 7 heteroatoms. The molecule has 2 rings (SSSR count). The minimum Gasteiger partial charge on any atom is -0.497 e. The number of aromatic nitrogens is 2. The van der Waals surface area contributed by atoms with Gasteiger partial charge in [0.2, 0.25) is 5.88 Å². The van der Waals surface area contributed by atoms with Crippen LogP contribution in [0.5, 0.6) is 11.6 Å². The summed E-state index contributed by atoms with van der Waals surface area (Å²) in [5, 5.41) is 19.8. The number of methoxy groups -OCH3 is 1. The van der Waals surface area contributed by atoms with E-state index >= 15 is 0 Å². The van der Waals surface area contributed by atoms with Crippen LogP contribution >= 0.6 is 23.4 Å². The first-order chi connectivity index (χ1) is 9.58. The lowest BCUT2D eigenvalue weighted by Gasteiger charge is -2.09. The number of hydrogen-bond acceptors (Lipinski definition) is 6. The molecule has 1 N–H and O–H groups in total. The Morgan fingerprint density at radius 2 is 2.10 bits per heavy atom. The summed E-state index contributed by atoms with van der Waals surface area (Å²) in [4.78, 5) is 8.10. The Bertz CT molecular complexity index is 701. The van der Waals surface area contributed by atoms with Gasteiger partial charge in [-0.05, 0) is 24.5 Å². The Labute approximate surface area is 125 Å². The molecule has 0 aliphatic carbocycles. The fraction of sp³-hybridized carbons (Fsp3) is 0.154. The molecule has 0 aliphatic rings. The minimum atomic E-state index is -0.346. The zero-order valence-electron chi connectivity index (χ0n) is 10.7. The molecule has 1 aromatic heterocycles. The molecule has 0 saturated heterocycles. The maximum absolute atomic E-state index is 9.81. The number of nitriles is 1. The van der Waals surface area contributed by atoms with Crippen LogP contribution in [0.15, 0.2) is 23.4 Å². The second kappa shape index (κ2) is 5.99. The van der Waals surface area contributed by atoms with E-state index in [0.717, 1.165) is 0 Å². The quantitative estimate of drug-likeness (QED) is 0.693. The Morgan fingerprint density at radius 1 is 1.35 bits per heavy atom. The first kappa shape index (κ1) is 14.4. The molecule has 0 fully saturated rings. The molecule has 0 radical (unpaired) electrons. The van der Waals surface area contributed by atoms with Crippen molar-refractivity contribution >= 4 is 23.4 Å². The van der Waals surface area contributed by atoms with E-state index in [1.165, 1.54) is 18.9 Å². The fourth-order valence-corrected chi connectivity index (χ4v) is 2.23. The van der Waals surface area contributed by atoms with Crippen molar-refractivity contribution in [1.29, 1.82) is 5.26 Å². The van der Waals surface area contributed by atoms with Gasteiger partial charge >= 0.3 is 0 Å². The van der Waals surface area contributed by atoms with Gasteiger partial charge in [-0.3, -0.25) is 0 Å². The number of nitrogens with zero attached hydrogens (tertiary/aromatic N) is 3. The summed E-state index contributed by atoms with van der Waals surface area (Å²) in [5.41, 5.74) is 0.913. The molecule has 0 amide bonds. The first-order valence-corrected chi connectivity index (χ1v) is 7.09. The Morgan fingerprint density at radius 3 is 2.70 bits per heavy atom. The molecule has 5 nitrogen and oxygen atoms in total. The molecule has 0 atom stereocenters. The monoisotopic (exact) mass is 307 g/mol. The summed E-state index contributed by atoms with van der Waals surface area (Å²) < 4.78 is 5.14. The van der Waals surface area contributed by atoms with Gasteiger partial charge < -0.3 is 9.84 Å². The van der Waals surface area contributed by atoms with Crippen LogP contribution in [0.1, 0.15) is 5.56 Å². The van der Waals surface area contributed by atoms with Crippen LogP contribution < -0.4 is 4.74 Å². The SMILES string of the molecule is COc1cc(Cl)cc(-c2nc(SC)nc(O)c2C#N)c1. The average molecular weight is 308 g/mol. The maximum Gasteiger partial charge on any atom is 0.233 e. The molecule has 1 heterocycles. The fourth-order valence-electron chi connectivity index (χ4n) is 1.65. The lowest BCUT2D eigenvalue weighted by Crippen LogP contribution is -1.96. The largest absolute Gasteiger partial charge is 0.497 e. The zero-order chi connectivity index (χ0) is 14.7. The Kier molecular flexibility index (Phi) is 4.32. The number of halogens is 1. The van der Waals surface area contributed by atoms with Gasteiger partial charge in [-0.15, -0.1) is 0 Å². The van der Waals surface area contributed by atoms with Gasteiger partial charge in [-0.25, -0.2) is 4.98 Å². The molecular formula is C13H10ClN3O2S. The van der Waals surface area contributed by atoms with Crippen molar-refractivity contribution in [3.05, 3.63) is 28.8 Å². The van der Waals surface area contributed by atoms with E-state index in [1.807, 2.05) is 6.07 Å². The molecule has 0 unspecified atom stereocenters. The second-order valence-electron chi connectivity index (χ2n) is 3.75. The van der Waals surface area contributed by atoms with Crippen LogP contribution in [-0.4, -0.2) is 28.4 Å². The van der Waals surface area contributed by atoms with E-state index in [-0.39, 0.29) is 11.4 Å². The van der Waals surface area contributed by atoms with Crippen LogP contribution in [-0.2, 0) is 0 Å². The van der Waals surface area contributed by atoms with Crippen LogP contribution in [0.4, 0.5) is 0 Å². The van der Waals surface area contributed by atoms with Gasteiger partial charge in [-0.1, -0.05) is 23.4 Å².